The third-order valence-corrected chi connectivity index (χ3v) is 6.95. The highest BCUT2D eigenvalue weighted by Crippen LogP contribution is 2.41. The maximum atomic E-state index is 13.3. The van der Waals surface area contributed by atoms with Gasteiger partial charge in [0, 0.05) is 17.1 Å². The van der Waals surface area contributed by atoms with Crippen LogP contribution in [0.5, 0.6) is 0 Å². The van der Waals surface area contributed by atoms with Gasteiger partial charge in [-0.25, -0.2) is 4.79 Å². The maximum absolute atomic E-state index is 13.3. The van der Waals surface area contributed by atoms with Crippen LogP contribution in [0.1, 0.15) is 68.1 Å². The number of amides is 1. The molecule has 0 spiro atoms. The number of fused-ring (bicyclic) bond motifs is 1. The summed E-state index contributed by atoms with van der Waals surface area (Å²) in [6.07, 6.45) is 0. The number of carbonyl (C=O) groups is 2. The number of rotatable bonds is 7. The minimum absolute atomic E-state index is 0.00277. The molecule has 190 valence electrons. The van der Waals surface area contributed by atoms with Crippen LogP contribution in [-0.4, -0.2) is 27.4 Å². The highest BCUT2D eigenvalue weighted by molar-refractivity contribution is 6.32. The molecule has 1 aliphatic rings. The van der Waals surface area contributed by atoms with Crippen molar-refractivity contribution in [3.63, 3.8) is 0 Å². The van der Waals surface area contributed by atoms with Gasteiger partial charge in [-0.05, 0) is 50.5 Å². The van der Waals surface area contributed by atoms with Gasteiger partial charge in [0.2, 0.25) is 0 Å². The Kier molecular flexibility index (Phi) is 6.03. The Labute approximate surface area is 212 Å². The van der Waals surface area contributed by atoms with Gasteiger partial charge in [-0.3, -0.25) is 14.4 Å². The number of aryl methyl sites for hydroxylation is 1. The van der Waals surface area contributed by atoms with Crippen molar-refractivity contribution in [1.29, 1.82) is 0 Å². The number of nitrogens with one attached hydrogen (secondary N) is 2. The van der Waals surface area contributed by atoms with Gasteiger partial charge in [0.1, 0.15) is 28.4 Å². The summed E-state index contributed by atoms with van der Waals surface area (Å²) in [7, 11) is 0. The Hall–Kier alpha value is -3.59. The number of carbonyl (C=O) groups excluding carboxylic acids is 1. The lowest BCUT2D eigenvalue weighted by molar-refractivity contribution is -0.147. The minimum Gasteiger partial charge on any atom is -0.480 e. The molecule has 1 aliphatic heterocycles. The van der Waals surface area contributed by atoms with Gasteiger partial charge in [-0.15, -0.1) is 0 Å². The van der Waals surface area contributed by atoms with E-state index in [1.807, 2.05) is 39.8 Å². The van der Waals surface area contributed by atoms with Crippen LogP contribution in [0.4, 0.5) is 17.1 Å². The van der Waals surface area contributed by atoms with Crippen molar-refractivity contribution < 1.29 is 19.1 Å². The first-order valence-corrected chi connectivity index (χ1v) is 11.8. The van der Waals surface area contributed by atoms with Crippen LogP contribution in [0, 0.1) is 12.3 Å². The SMILES string of the molecule is Cc1ccc([C@H](Nc2c(Nc3ccc(Cl)c4c3C(=O)N(C(C)(C)C(=O)O)C4)c(=O)c2=O)C(C)(C)C)o1. The second-order valence-electron chi connectivity index (χ2n) is 10.6. The van der Waals surface area contributed by atoms with Gasteiger partial charge >= 0.3 is 5.97 Å². The first-order chi connectivity index (χ1) is 16.6. The predicted molar refractivity (Wildman–Crippen MR) is 137 cm³/mol. The second-order valence-corrected chi connectivity index (χ2v) is 11.0. The van der Waals surface area contributed by atoms with E-state index in [1.165, 1.54) is 24.8 Å². The fraction of sp³-hybridized carbons (Fsp3) is 0.385. The molecular weight excluding hydrogens is 486 g/mol. The van der Waals surface area contributed by atoms with Crippen LogP contribution in [-0.2, 0) is 11.3 Å². The van der Waals surface area contributed by atoms with Crippen LogP contribution < -0.4 is 21.5 Å². The number of nitrogens with zero attached hydrogens (tertiary/aromatic N) is 1. The molecule has 1 atom stereocenters. The van der Waals surface area contributed by atoms with Crippen LogP contribution in [0.2, 0.25) is 5.02 Å². The Balaban J connectivity index is 1.71. The number of carboxylic acids is 1. The highest BCUT2D eigenvalue weighted by Gasteiger charge is 2.44. The molecule has 1 amide bonds. The van der Waals surface area contributed by atoms with E-state index < -0.39 is 34.3 Å². The van der Waals surface area contributed by atoms with Crippen LogP contribution in [0.15, 0.2) is 38.3 Å². The first-order valence-electron chi connectivity index (χ1n) is 11.4. The summed E-state index contributed by atoms with van der Waals surface area (Å²) in [5.41, 5.74) is -2.26. The lowest BCUT2D eigenvalue weighted by Crippen LogP contribution is -2.50. The zero-order valence-electron chi connectivity index (χ0n) is 20.9. The molecule has 0 fully saturated rings. The van der Waals surface area contributed by atoms with Crippen molar-refractivity contribution in [2.24, 2.45) is 5.41 Å². The highest BCUT2D eigenvalue weighted by atomic mass is 35.5. The Morgan fingerprint density at radius 1 is 1.06 bits per heavy atom. The average Bonchev–Trinajstić information content (AvgIpc) is 3.37. The summed E-state index contributed by atoms with van der Waals surface area (Å²) in [4.78, 5) is 51.4. The smallest absolute Gasteiger partial charge is 0.329 e. The zero-order valence-corrected chi connectivity index (χ0v) is 21.7. The van der Waals surface area contributed by atoms with Gasteiger partial charge in [0.05, 0.1) is 17.3 Å². The standard InChI is InChI=1S/C26H28ClN3O6/c1-12-7-10-16(36-12)22(25(2,3)4)29-19-18(20(31)21(19)32)28-15-9-8-14(27)13-11-30(23(33)17(13)15)26(5,6)24(34)35/h7-10,22,28-29H,11H2,1-6H3,(H,34,35)/t22-/m0/s1. The quantitative estimate of drug-likeness (QED) is 0.391. The van der Waals surface area contributed by atoms with Crippen molar-refractivity contribution in [3.8, 4) is 0 Å². The molecule has 36 heavy (non-hydrogen) atoms. The number of halogens is 1. The molecule has 3 N–H and O–H groups in total. The molecule has 10 heteroatoms. The van der Waals surface area contributed by atoms with E-state index in [0.29, 0.717) is 22.1 Å². The van der Waals surface area contributed by atoms with Crippen LogP contribution in [0.25, 0.3) is 0 Å². The van der Waals surface area contributed by atoms with E-state index in [0.717, 1.165) is 0 Å². The largest absolute Gasteiger partial charge is 0.480 e. The predicted octanol–water partition coefficient (Wildman–Crippen LogP) is 4.60. The summed E-state index contributed by atoms with van der Waals surface area (Å²) in [5.74, 6) is -0.361. The molecule has 0 radical (unpaired) electrons. The molecule has 0 bridgehead atoms. The van der Waals surface area contributed by atoms with Crippen molar-refractivity contribution in [2.75, 3.05) is 10.6 Å². The molecule has 4 rings (SSSR count). The Morgan fingerprint density at radius 2 is 1.69 bits per heavy atom. The maximum Gasteiger partial charge on any atom is 0.329 e. The van der Waals surface area contributed by atoms with E-state index in [4.69, 9.17) is 16.0 Å². The molecule has 0 saturated carbocycles. The fourth-order valence-corrected chi connectivity index (χ4v) is 4.53. The normalized spacial score (nSPS) is 14.8. The molecule has 2 aromatic carbocycles. The van der Waals surface area contributed by atoms with Crippen molar-refractivity contribution >= 4 is 40.5 Å². The second kappa shape index (κ2) is 8.51. The Morgan fingerprint density at radius 3 is 2.25 bits per heavy atom. The van der Waals surface area contributed by atoms with E-state index >= 15 is 0 Å². The number of hydrogen-bond acceptors (Lipinski definition) is 7. The van der Waals surface area contributed by atoms with Crippen LogP contribution >= 0.6 is 11.6 Å². The molecular formula is C26H28ClN3O6. The van der Waals surface area contributed by atoms with E-state index in [2.05, 4.69) is 10.6 Å². The third kappa shape index (κ3) is 4.07. The number of aliphatic carboxylic acids is 1. The lowest BCUT2D eigenvalue weighted by Gasteiger charge is -2.32. The fourth-order valence-electron chi connectivity index (χ4n) is 4.31. The van der Waals surface area contributed by atoms with Gasteiger partial charge in [-0.1, -0.05) is 32.4 Å². The van der Waals surface area contributed by atoms with Crippen molar-refractivity contribution in [2.45, 2.75) is 59.7 Å². The molecule has 2 heterocycles. The van der Waals surface area contributed by atoms with Gasteiger partial charge in [0.25, 0.3) is 16.8 Å². The summed E-state index contributed by atoms with van der Waals surface area (Å²) >= 11 is 6.35. The number of benzene rings is 1. The topological polar surface area (TPSA) is 129 Å². The molecule has 0 aliphatic carbocycles. The minimum atomic E-state index is -1.48. The average molecular weight is 514 g/mol. The lowest BCUT2D eigenvalue weighted by atomic mass is 9.85. The number of carboxylic acid groups (broad SMARTS) is 1. The van der Waals surface area contributed by atoms with Crippen LogP contribution in [0.3, 0.4) is 0 Å². The van der Waals surface area contributed by atoms with E-state index in [-0.39, 0.29) is 34.6 Å². The number of anilines is 3. The third-order valence-electron chi connectivity index (χ3n) is 6.60. The molecule has 9 nitrogen and oxygen atoms in total. The molecule has 0 saturated heterocycles. The summed E-state index contributed by atoms with van der Waals surface area (Å²) in [5, 5.41) is 16.0. The first kappa shape index (κ1) is 25.5. The summed E-state index contributed by atoms with van der Waals surface area (Å²) in [6.45, 7) is 10.6. The van der Waals surface area contributed by atoms with Crippen molar-refractivity contribution in [3.05, 3.63) is 72.4 Å². The van der Waals surface area contributed by atoms with Gasteiger partial charge in [-0.2, -0.15) is 0 Å². The number of hydrogen-bond donors (Lipinski definition) is 3. The van der Waals surface area contributed by atoms with Gasteiger partial charge in [0.15, 0.2) is 0 Å². The molecule has 3 aromatic rings. The number of furan rings is 1. The molecule has 1 aromatic heterocycles. The zero-order chi connectivity index (χ0) is 26.7. The summed E-state index contributed by atoms with van der Waals surface area (Å²) in [6, 6.07) is 6.33. The summed E-state index contributed by atoms with van der Waals surface area (Å²) < 4.78 is 5.79. The Bertz CT molecular complexity index is 1460. The van der Waals surface area contributed by atoms with Crippen molar-refractivity contribution in [1.82, 2.24) is 4.90 Å². The van der Waals surface area contributed by atoms with Gasteiger partial charge < -0.3 is 25.1 Å². The monoisotopic (exact) mass is 513 g/mol. The van der Waals surface area contributed by atoms with E-state index in [1.54, 1.807) is 6.07 Å². The van der Waals surface area contributed by atoms with E-state index in [9.17, 15) is 24.3 Å². The molecule has 0 unspecified atom stereocenters.